The summed E-state index contributed by atoms with van der Waals surface area (Å²) in [5.41, 5.74) is 0.559. The van der Waals surface area contributed by atoms with Gasteiger partial charge in [0.05, 0.1) is 18.6 Å². The highest BCUT2D eigenvalue weighted by molar-refractivity contribution is 6.31. The van der Waals surface area contributed by atoms with Gasteiger partial charge in [0.25, 0.3) is 0 Å². The van der Waals surface area contributed by atoms with E-state index in [1.54, 1.807) is 4.90 Å². The molecule has 1 aliphatic heterocycles. The molecule has 1 aromatic carbocycles. The van der Waals surface area contributed by atoms with Crippen molar-refractivity contribution in [3.05, 3.63) is 34.9 Å². The van der Waals surface area contributed by atoms with Gasteiger partial charge in [0.2, 0.25) is 5.91 Å². The number of morpholine rings is 1. The summed E-state index contributed by atoms with van der Waals surface area (Å²) in [6.45, 7) is 0.843. The number of carbonyl (C=O) groups excluding carboxylic acids is 1. The predicted molar refractivity (Wildman–Crippen MR) is 80.8 cm³/mol. The minimum Gasteiger partial charge on any atom is -0.479 e. The van der Waals surface area contributed by atoms with E-state index >= 15 is 0 Å². The van der Waals surface area contributed by atoms with Crippen LogP contribution in [0.15, 0.2) is 24.3 Å². The van der Waals surface area contributed by atoms with Crippen LogP contribution in [0.2, 0.25) is 5.02 Å². The van der Waals surface area contributed by atoms with Gasteiger partial charge in [-0.1, -0.05) is 29.8 Å². The number of amides is 1. The molecule has 0 spiro atoms. The zero-order valence-corrected chi connectivity index (χ0v) is 12.9. The topological polar surface area (TPSA) is 66.8 Å². The number of carboxylic acids is 1. The fraction of sp³-hybridized carbons (Fsp3) is 0.500. The fourth-order valence-electron chi connectivity index (χ4n) is 2.94. The highest BCUT2D eigenvalue weighted by Crippen LogP contribution is 2.50. The summed E-state index contributed by atoms with van der Waals surface area (Å²) >= 11 is 6.19. The Bertz CT molecular complexity index is 600. The summed E-state index contributed by atoms with van der Waals surface area (Å²) in [6, 6.07) is 7.55. The molecule has 1 amide bonds. The second kappa shape index (κ2) is 5.89. The van der Waals surface area contributed by atoms with Crippen molar-refractivity contribution in [3.8, 4) is 0 Å². The molecule has 118 valence electrons. The molecule has 2 fully saturated rings. The lowest BCUT2D eigenvalue weighted by atomic mass is 9.94. The Kier molecular flexibility index (Phi) is 4.10. The molecule has 1 heterocycles. The van der Waals surface area contributed by atoms with Gasteiger partial charge in [-0.25, -0.2) is 4.79 Å². The van der Waals surface area contributed by atoms with Crippen LogP contribution in [-0.2, 0) is 20.7 Å². The smallest absolute Gasteiger partial charge is 0.334 e. The third-order valence-corrected chi connectivity index (χ3v) is 4.79. The van der Waals surface area contributed by atoms with Gasteiger partial charge in [-0.2, -0.15) is 0 Å². The van der Waals surface area contributed by atoms with Crippen LogP contribution in [0.5, 0.6) is 0 Å². The lowest BCUT2D eigenvalue weighted by molar-refractivity contribution is -0.161. The van der Waals surface area contributed by atoms with Crippen molar-refractivity contribution < 1.29 is 19.4 Å². The summed E-state index contributed by atoms with van der Waals surface area (Å²) in [7, 11) is 0. The van der Waals surface area contributed by atoms with Crippen molar-refractivity contribution in [1.29, 1.82) is 0 Å². The molecule has 0 radical (unpaired) electrons. The Hall–Kier alpha value is -1.59. The largest absolute Gasteiger partial charge is 0.479 e. The number of carbonyl (C=O) groups is 2. The number of benzene rings is 1. The molecule has 1 saturated heterocycles. The van der Waals surface area contributed by atoms with Gasteiger partial charge in [0.1, 0.15) is 0 Å². The Balaban J connectivity index is 1.71. The maximum atomic E-state index is 12.8. The molecule has 1 aliphatic carbocycles. The molecule has 2 aliphatic rings. The highest BCUT2D eigenvalue weighted by atomic mass is 35.5. The van der Waals surface area contributed by atoms with Gasteiger partial charge in [-0.3, -0.25) is 4.79 Å². The highest BCUT2D eigenvalue weighted by Gasteiger charge is 2.52. The van der Waals surface area contributed by atoms with Crippen LogP contribution in [-0.4, -0.2) is 47.7 Å². The number of hydrogen-bond donors (Lipinski definition) is 1. The number of aliphatic carboxylic acids is 1. The first-order chi connectivity index (χ1) is 10.5. The molecule has 3 rings (SSSR count). The van der Waals surface area contributed by atoms with Gasteiger partial charge in [0.15, 0.2) is 6.10 Å². The standard InChI is InChI=1S/C16H18ClNO4/c17-12-4-2-1-3-11(12)9-16(5-6-16)15(21)18-7-8-22-13(10-18)14(19)20/h1-4,13H,5-10H2,(H,19,20). The second-order valence-electron chi connectivity index (χ2n) is 6.00. The van der Waals surface area contributed by atoms with Crippen molar-refractivity contribution >= 4 is 23.5 Å². The number of nitrogens with zero attached hydrogens (tertiary/aromatic N) is 1. The summed E-state index contributed by atoms with van der Waals surface area (Å²) in [5.74, 6) is -0.990. The quantitative estimate of drug-likeness (QED) is 0.920. The van der Waals surface area contributed by atoms with Gasteiger partial charge in [-0.05, 0) is 30.9 Å². The molecule has 0 bridgehead atoms. The number of carboxylic acid groups (broad SMARTS) is 1. The first kappa shape index (κ1) is 15.3. The third-order valence-electron chi connectivity index (χ3n) is 4.42. The monoisotopic (exact) mass is 323 g/mol. The second-order valence-corrected chi connectivity index (χ2v) is 6.40. The zero-order valence-electron chi connectivity index (χ0n) is 12.1. The van der Waals surface area contributed by atoms with E-state index in [-0.39, 0.29) is 19.1 Å². The minimum atomic E-state index is -1.02. The van der Waals surface area contributed by atoms with Crippen molar-refractivity contribution in [2.24, 2.45) is 5.41 Å². The normalized spacial score (nSPS) is 23.1. The van der Waals surface area contributed by atoms with Crippen molar-refractivity contribution in [2.45, 2.75) is 25.4 Å². The van der Waals surface area contributed by atoms with Crippen LogP contribution >= 0.6 is 11.6 Å². The zero-order chi connectivity index (χ0) is 15.7. The Morgan fingerprint density at radius 1 is 1.36 bits per heavy atom. The molecule has 0 aromatic heterocycles. The molecule has 1 aromatic rings. The lowest BCUT2D eigenvalue weighted by Crippen LogP contribution is -2.51. The van der Waals surface area contributed by atoms with Gasteiger partial charge < -0.3 is 14.7 Å². The number of hydrogen-bond acceptors (Lipinski definition) is 3. The Labute approximate surface area is 133 Å². The van der Waals surface area contributed by atoms with Crippen molar-refractivity contribution in [2.75, 3.05) is 19.7 Å². The van der Waals surface area contributed by atoms with Crippen molar-refractivity contribution in [3.63, 3.8) is 0 Å². The van der Waals surface area contributed by atoms with Crippen LogP contribution in [0.4, 0.5) is 0 Å². The molecule has 1 atom stereocenters. The Morgan fingerprint density at radius 3 is 2.73 bits per heavy atom. The van der Waals surface area contributed by atoms with E-state index in [0.29, 0.717) is 18.0 Å². The number of ether oxygens (including phenoxy) is 1. The van der Waals surface area contributed by atoms with Gasteiger partial charge in [0, 0.05) is 11.6 Å². The van der Waals surface area contributed by atoms with E-state index in [1.807, 2.05) is 24.3 Å². The van der Waals surface area contributed by atoms with Gasteiger partial charge in [-0.15, -0.1) is 0 Å². The van der Waals surface area contributed by atoms with E-state index in [4.69, 9.17) is 21.4 Å². The maximum Gasteiger partial charge on any atom is 0.334 e. The van der Waals surface area contributed by atoms with Crippen LogP contribution < -0.4 is 0 Å². The summed E-state index contributed by atoms with van der Waals surface area (Å²) in [6.07, 6.45) is 1.34. The minimum absolute atomic E-state index is 0.0296. The predicted octanol–water partition coefficient (Wildman–Crippen LogP) is 1.97. The van der Waals surface area contributed by atoms with E-state index in [9.17, 15) is 9.59 Å². The maximum absolute atomic E-state index is 12.8. The van der Waals surface area contributed by atoms with Gasteiger partial charge >= 0.3 is 5.97 Å². The average Bonchev–Trinajstić information content (AvgIpc) is 3.30. The molecule has 22 heavy (non-hydrogen) atoms. The average molecular weight is 324 g/mol. The van der Waals surface area contributed by atoms with Crippen LogP contribution in [0, 0.1) is 5.41 Å². The number of halogens is 1. The van der Waals surface area contributed by atoms with E-state index in [1.165, 1.54) is 0 Å². The van der Waals surface area contributed by atoms with Crippen LogP contribution in [0.1, 0.15) is 18.4 Å². The first-order valence-electron chi connectivity index (χ1n) is 7.39. The van der Waals surface area contributed by atoms with E-state index < -0.39 is 17.5 Å². The first-order valence-corrected chi connectivity index (χ1v) is 7.77. The molecule has 1 unspecified atom stereocenters. The fourth-order valence-corrected chi connectivity index (χ4v) is 3.14. The molecule has 1 saturated carbocycles. The molecule has 5 nitrogen and oxygen atoms in total. The summed E-state index contributed by atoms with van der Waals surface area (Å²) < 4.78 is 5.18. The van der Waals surface area contributed by atoms with Crippen LogP contribution in [0.3, 0.4) is 0 Å². The lowest BCUT2D eigenvalue weighted by Gasteiger charge is -2.33. The molecular weight excluding hydrogens is 306 g/mol. The molecule has 6 heteroatoms. The number of rotatable bonds is 4. The van der Waals surface area contributed by atoms with E-state index in [0.717, 1.165) is 18.4 Å². The third kappa shape index (κ3) is 2.96. The SMILES string of the molecule is O=C(O)C1CN(C(=O)C2(Cc3ccccc3Cl)CC2)CCO1. The Morgan fingerprint density at radius 2 is 2.09 bits per heavy atom. The van der Waals surface area contributed by atoms with Crippen molar-refractivity contribution in [1.82, 2.24) is 4.90 Å². The summed E-state index contributed by atoms with van der Waals surface area (Å²) in [4.78, 5) is 25.5. The summed E-state index contributed by atoms with van der Waals surface area (Å²) in [5, 5.41) is 9.72. The van der Waals surface area contributed by atoms with Crippen LogP contribution in [0.25, 0.3) is 0 Å². The molecule has 1 N–H and O–H groups in total. The molecular formula is C16H18ClNO4. The van der Waals surface area contributed by atoms with E-state index in [2.05, 4.69) is 0 Å².